The largest absolute Gasteiger partial charge is 0.337 e. The molecule has 0 radical (unpaired) electrons. The van der Waals surface area contributed by atoms with Gasteiger partial charge in [-0.2, -0.15) is 0 Å². The Kier molecular flexibility index (Phi) is 6.62. The highest BCUT2D eigenvalue weighted by molar-refractivity contribution is 7.76. The summed E-state index contributed by atoms with van der Waals surface area (Å²) in [5.41, 5.74) is 7.78. The highest BCUT2D eigenvalue weighted by Gasteiger charge is 2.48. The maximum Gasteiger partial charge on any atom is 0.301 e. The average molecular weight is 564 g/mol. The van der Waals surface area contributed by atoms with Crippen LogP contribution in [0.25, 0.3) is 5.57 Å². The molecule has 0 unspecified atom stereocenters. The van der Waals surface area contributed by atoms with Gasteiger partial charge in [0, 0.05) is 34.9 Å². The van der Waals surface area contributed by atoms with Gasteiger partial charge in [0.2, 0.25) is 0 Å². The molecule has 4 nitrogen and oxygen atoms in total. The number of rotatable bonds is 4. The fourth-order valence-corrected chi connectivity index (χ4v) is 8.81. The molecular weight excluding hydrogens is 533 g/mol. The van der Waals surface area contributed by atoms with Crippen molar-refractivity contribution in [3.05, 3.63) is 170 Å². The Labute approximate surface area is 247 Å². The van der Waals surface area contributed by atoms with Gasteiger partial charge < -0.3 is 4.90 Å². The first kappa shape index (κ1) is 25.9. The van der Waals surface area contributed by atoms with E-state index in [-0.39, 0.29) is 0 Å². The number of benzene rings is 5. The minimum absolute atomic E-state index is 0.698. The molecule has 42 heavy (non-hydrogen) atoms. The van der Waals surface area contributed by atoms with Gasteiger partial charge in [-0.05, 0) is 72.3 Å². The Balaban J connectivity index is 1.38. The summed E-state index contributed by atoms with van der Waals surface area (Å²) in [4.78, 5) is 2.27. The number of nitrogens with zero attached hydrogens (tertiary/aromatic N) is 3. The molecule has 0 saturated heterocycles. The van der Waals surface area contributed by atoms with Gasteiger partial charge in [0.25, 0.3) is 0 Å². The maximum atomic E-state index is 15.8. The van der Waals surface area contributed by atoms with E-state index in [4.69, 9.17) is 0 Å². The van der Waals surface area contributed by atoms with Crippen molar-refractivity contribution < 1.29 is 4.57 Å². The van der Waals surface area contributed by atoms with E-state index in [1.165, 1.54) is 0 Å². The molecule has 0 atom stereocenters. The molecule has 7 rings (SSSR count). The highest BCUT2D eigenvalue weighted by Crippen LogP contribution is 2.69. The highest BCUT2D eigenvalue weighted by atomic mass is 31.2. The Morgan fingerprint density at radius 3 is 1.67 bits per heavy atom. The lowest BCUT2D eigenvalue weighted by atomic mass is 10.0. The van der Waals surface area contributed by atoms with E-state index in [1.54, 1.807) is 0 Å². The van der Waals surface area contributed by atoms with Gasteiger partial charge in [0.05, 0.1) is 16.7 Å². The lowest BCUT2D eigenvalue weighted by Gasteiger charge is -2.33. The van der Waals surface area contributed by atoms with Crippen molar-refractivity contribution in [3.63, 3.8) is 0 Å². The van der Waals surface area contributed by atoms with Gasteiger partial charge in [0.1, 0.15) is 0 Å². The van der Waals surface area contributed by atoms with Crippen molar-refractivity contribution in [2.75, 3.05) is 20.8 Å². The third-order valence-corrected chi connectivity index (χ3v) is 10.7. The molecule has 2 aliphatic rings. The van der Waals surface area contributed by atoms with Crippen LogP contribution in [0.4, 0.5) is 34.1 Å². The number of para-hydroxylation sites is 5. The predicted molar refractivity (Wildman–Crippen MR) is 178 cm³/mol. The Hall–Kier alpha value is -5.05. The van der Waals surface area contributed by atoms with Crippen LogP contribution in [0.2, 0.25) is 0 Å². The van der Waals surface area contributed by atoms with Gasteiger partial charge in [-0.25, -0.2) is 0 Å². The van der Waals surface area contributed by atoms with Crippen LogP contribution in [-0.2, 0) is 4.57 Å². The average Bonchev–Trinajstić information content (AvgIpc) is 3.36. The molecule has 5 heteroatoms. The third kappa shape index (κ3) is 4.29. The number of fused-ring (bicyclic) bond motifs is 2. The lowest BCUT2D eigenvalue weighted by Crippen LogP contribution is -2.27. The second-order valence-electron chi connectivity index (χ2n) is 10.3. The minimum Gasteiger partial charge on any atom is -0.337 e. The van der Waals surface area contributed by atoms with Crippen LogP contribution >= 0.6 is 7.44 Å². The summed E-state index contributed by atoms with van der Waals surface area (Å²) in [6.45, 7) is 5.00. The molecular formula is C37H30N3OP. The van der Waals surface area contributed by atoms with Crippen molar-refractivity contribution in [2.45, 2.75) is 0 Å². The monoisotopic (exact) mass is 563 g/mol. The number of allylic oxidation sites excluding steroid dienone is 4. The first-order valence-electron chi connectivity index (χ1n) is 14.1. The number of hydrogen-bond acceptors (Lipinski definition) is 2. The number of hydrogen-bond donors (Lipinski definition) is 0. The summed E-state index contributed by atoms with van der Waals surface area (Å²) >= 11 is 0. The molecule has 0 N–H and O–H groups in total. The summed E-state index contributed by atoms with van der Waals surface area (Å²) in [6.07, 6.45) is 8.28. The molecule has 0 saturated carbocycles. The zero-order valence-electron chi connectivity index (χ0n) is 23.1. The summed E-state index contributed by atoms with van der Waals surface area (Å²) in [5, 5.41) is 0.759. The first-order valence-corrected chi connectivity index (χ1v) is 15.7. The molecule has 0 spiro atoms. The lowest BCUT2D eigenvalue weighted by molar-refractivity contribution is 0.582. The van der Waals surface area contributed by atoms with Crippen LogP contribution in [0.5, 0.6) is 0 Å². The van der Waals surface area contributed by atoms with Crippen molar-refractivity contribution in [3.8, 4) is 0 Å². The van der Waals surface area contributed by atoms with E-state index >= 15 is 4.57 Å². The van der Waals surface area contributed by atoms with Crippen LogP contribution in [0, 0.1) is 0 Å². The number of anilines is 6. The van der Waals surface area contributed by atoms with Crippen LogP contribution in [0.3, 0.4) is 0 Å². The van der Waals surface area contributed by atoms with Crippen LogP contribution in [0.15, 0.2) is 164 Å². The summed E-state index contributed by atoms with van der Waals surface area (Å²) < 4.78 is 19.9. The maximum absolute atomic E-state index is 15.8. The molecule has 0 fully saturated rings. The molecule has 2 heterocycles. The van der Waals surface area contributed by atoms with Gasteiger partial charge in [-0.1, -0.05) is 97.6 Å². The van der Waals surface area contributed by atoms with Gasteiger partial charge in [0.15, 0.2) is 0 Å². The third-order valence-electron chi connectivity index (χ3n) is 7.75. The molecule has 0 amide bonds. The molecule has 2 aliphatic heterocycles. The van der Waals surface area contributed by atoms with Crippen molar-refractivity contribution in [1.82, 2.24) is 0 Å². The van der Waals surface area contributed by atoms with Crippen LogP contribution in [-0.4, -0.2) is 6.54 Å². The quantitative estimate of drug-likeness (QED) is 0.203. The topological polar surface area (TPSA) is 26.8 Å². The fraction of sp³-hybridized carbons (Fsp3) is 0.0270. The van der Waals surface area contributed by atoms with Gasteiger partial charge in [-0.3, -0.25) is 13.9 Å². The second-order valence-corrected chi connectivity index (χ2v) is 12.7. The van der Waals surface area contributed by atoms with Crippen molar-refractivity contribution in [2.24, 2.45) is 0 Å². The summed E-state index contributed by atoms with van der Waals surface area (Å²) in [6, 6.07) is 44.8. The Bertz CT molecular complexity index is 1790. The van der Waals surface area contributed by atoms with Gasteiger partial charge in [-0.15, -0.1) is 0 Å². The molecule has 5 aromatic carbocycles. The molecule has 204 valence electrons. The Morgan fingerprint density at radius 1 is 0.548 bits per heavy atom. The van der Waals surface area contributed by atoms with Crippen molar-refractivity contribution >= 4 is 52.4 Å². The Morgan fingerprint density at radius 2 is 1.07 bits per heavy atom. The van der Waals surface area contributed by atoms with E-state index < -0.39 is 7.44 Å². The minimum atomic E-state index is -3.42. The normalized spacial score (nSPS) is 17.0. The van der Waals surface area contributed by atoms with Crippen molar-refractivity contribution in [1.29, 1.82) is 0 Å². The molecule has 5 aromatic rings. The first-order chi connectivity index (χ1) is 20.7. The van der Waals surface area contributed by atoms with E-state index in [9.17, 15) is 0 Å². The van der Waals surface area contributed by atoms with E-state index in [1.807, 2.05) is 112 Å². The standard InChI is InChI=1S/C37H30N3OP/c1-29-15-5-4-14-28-38(35-21-11-10-20-34(29)35)30-24-26-33(27-25-30)42(41)39(31-16-6-2-7-17-31)36-22-12-13-23-37(36)40(42)32-18-8-3-9-19-32/h2-27H,1,28H2/b14-4-,15-5-. The summed E-state index contributed by atoms with van der Waals surface area (Å²) in [5.74, 6) is 0. The smallest absolute Gasteiger partial charge is 0.301 e. The molecule has 0 bridgehead atoms. The summed E-state index contributed by atoms with van der Waals surface area (Å²) in [7, 11) is -3.42. The van der Waals surface area contributed by atoms with Crippen LogP contribution in [0.1, 0.15) is 5.56 Å². The zero-order valence-corrected chi connectivity index (χ0v) is 24.0. The predicted octanol–water partition coefficient (Wildman–Crippen LogP) is 9.77. The zero-order chi connectivity index (χ0) is 28.5. The molecule has 0 aromatic heterocycles. The van der Waals surface area contributed by atoms with Crippen LogP contribution < -0.4 is 19.5 Å². The van der Waals surface area contributed by atoms with E-state index in [0.29, 0.717) is 6.54 Å². The van der Waals surface area contributed by atoms with E-state index in [0.717, 1.165) is 50.6 Å². The van der Waals surface area contributed by atoms with Gasteiger partial charge >= 0.3 is 7.44 Å². The second kappa shape index (κ2) is 10.7. The van der Waals surface area contributed by atoms with E-state index in [2.05, 4.69) is 66.1 Å². The molecule has 0 aliphatic carbocycles. The fourth-order valence-electron chi connectivity index (χ4n) is 5.82. The SMILES string of the molecule is C=C1/C=C\C=C/CN(c2ccc(P3(=O)N(c4ccccc4)c4ccccc4N3c3ccccc3)cc2)c2ccccc21.